The van der Waals surface area contributed by atoms with Gasteiger partial charge in [-0.05, 0) is 25.0 Å². The van der Waals surface area contributed by atoms with E-state index in [-0.39, 0.29) is 12.6 Å². The third kappa shape index (κ3) is 1.82. The Kier molecular flexibility index (Phi) is 2.68. The summed E-state index contributed by atoms with van der Waals surface area (Å²) in [5.74, 6) is 0. The molecule has 11 heavy (non-hydrogen) atoms. The van der Waals surface area contributed by atoms with Crippen molar-refractivity contribution in [3.8, 4) is 0 Å². The zero-order valence-electron chi connectivity index (χ0n) is 6.67. The maximum Gasteiger partial charge on any atom is 0.0472 e. The standard InChI is InChI=1S/C8H14N2O/c1-6-2-4-10-8(6)7(9)3-5-11/h2,4,7,10-11H,3,5,9H2,1H3/t7-/m1/s1. The normalized spacial score (nSPS) is 13.4. The van der Waals surface area contributed by atoms with Gasteiger partial charge in [0.25, 0.3) is 0 Å². The molecule has 0 saturated carbocycles. The molecule has 0 spiro atoms. The summed E-state index contributed by atoms with van der Waals surface area (Å²) in [4.78, 5) is 3.05. The van der Waals surface area contributed by atoms with Gasteiger partial charge in [0.05, 0.1) is 0 Å². The highest BCUT2D eigenvalue weighted by atomic mass is 16.3. The van der Waals surface area contributed by atoms with Crippen LogP contribution in [0.15, 0.2) is 12.3 Å². The van der Waals surface area contributed by atoms with Crippen LogP contribution in [0.1, 0.15) is 23.7 Å². The third-order valence-corrected chi connectivity index (χ3v) is 1.81. The van der Waals surface area contributed by atoms with Crippen molar-refractivity contribution in [1.29, 1.82) is 0 Å². The van der Waals surface area contributed by atoms with Gasteiger partial charge in [-0.2, -0.15) is 0 Å². The molecule has 1 aromatic heterocycles. The minimum absolute atomic E-state index is 0.0602. The number of nitrogens with one attached hydrogen (secondary N) is 1. The first-order valence-electron chi connectivity index (χ1n) is 3.76. The van der Waals surface area contributed by atoms with Gasteiger partial charge in [-0.15, -0.1) is 0 Å². The van der Waals surface area contributed by atoms with Crippen LogP contribution in [0.3, 0.4) is 0 Å². The lowest BCUT2D eigenvalue weighted by Gasteiger charge is -2.08. The van der Waals surface area contributed by atoms with Crippen molar-refractivity contribution in [2.45, 2.75) is 19.4 Å². The average molecular weight is 154 g/mol. The zero-order chi connectivity index (χ0) is 8.27. The SMILES string of the molecule is Cc1cc[nH]c1[C@H](N)CCO. The highest BCUT2D eigenvalue weighted by Gasteiger charge is 2.07. The van der Waals surface area contributed by atoms with E-state index in [9.17, 15) is 0 Å². The molecule has 0 saturated heterocycles. The van der Waals surface area contributed by atoms with Gasteiger partial charge in [-0.3, -0.25) is 0 Å². The molecule has 1 rings (SSSR count). The number of hydrogen-bond donors (Lipinski definition) is 3. The van der Waals surface area contributed by atoms with Gasteiger partial charge in [0.15, 0.2) is 0 Å². The van der Waals surface area contributed by atoms with Crippen LogP contribution < -0.4 is 5.73 Å². The number of H-pyrrole nitrogens is 1. The van der Waals surface area contributed by atoms with E-state index in [1.165, 1.54) is 0 Å². The lowest BCUT2D eigenvalue weighted by Crippen LogP contribution is -2.13. The number of hydrogen-bond acceptors (Lipinski definition) is 2. The number of aliphatic hydroxyl groups excluding tert-OH is 1. The van der Waals surface area contributed by atoms with Crippen molar-refractivity contribution < 1.29 is 5.11 Å². The van der Waals surface area contributed by atoms with E-state index in [0.29, 0.717) is 6.42 Å². The van der Waals surface area contributed by atoms with Gasteiger partial charge in [0, 0.05) is 24.5 Å². The summed E-state index contributed by atoms with van der Waals surface area (Å²) in [7, 11) is 0. The zero-order valence-corrected chi connectivity index (χ0v) is 6.67. The number of aromatic amines is 1. The van der Waals surface area contributed by atoms with Crippen LogP contribution in [-0.2, 0) is 0 Å². The van der Waals surface area contributed by atoms with Crippen molar-refractivity contribution in [3.05, 3.63) is 23.5 Å². The smallest absolute Gasteiger partial charge is 0.0472 e. The Morgan fingerprint density at radius 3 is 2.91 bits per heavy atom. The third-order valence-electron chi connectivity index (χ3n) is 1.81. The van der Waals surface area contributed by atoms with E-state index in [1.807, 2.05) is 19.2 Å². The fraction of sp³-hybridized carbons (Fsp3) is 0.500. The Hall–Kier alpha value is -0.800. The summed E-state index contributed by atoms with van der Waals surface area (Å²) in [5.41, 5.74) is 7.94. The van der Waals surface area contributed by atoms with E-state index in [4.69, 9.17) is 10.8 Å². The van der Waals surface area contributed by atoms with Gasteiger partial charge in [-0.25, -0.2) is 0 Å². The Balaban J connectivity index is 2.67. The first kappa shape index (κ1) is 8.30. The molecular formula is C8H14N2O. The summed E-state index contributed by atoms with van der Waals surface area (Å²) in [6, 6.07) is 1.92. The average Bonchev–Trinajstić information content (AvgIpc) is 2.36. The Morgan fingerprint density at radius 2 is 2.45 bits per heavy atom. The van der Waals surface area contributed by atoms with Crippen molar-refractivity contribution in [2.75, 3.05) is 6.61 Å². The summed E-state index contributed by atoms with van der Waals surface area (Å²) >= 11 is 0. The Morgan fingerprint density at radius 1 is 1.73 bits per heavy atom. The topological polar surface area (TPSA) is 62.0 Å². The quantitative estimate of drug-likeness (QED) is 0.600. The molecule has 0 bridgehead atoms. The predicted octanol–water partition coefficient (Wildman–Crippen LogP) is 0.705. The minimum Gasteiger partial charge on any atom is -0.396 e. The van der Waals surface area contributed by atoms with Crippen LogP contribution in [0.2, 0.25) is 0 Å². The Bertz CT molecular complexity index is 220. The number of aliphatic hydroxyl groups is 1. The molecule has 0 amide bonds. The van der Waals surface area contributed by atoms with Crippen molar-refractivity contribution >= 4 is 0 Å². The van der Waals surface area contributed by atoms with Crippen LogP contribution in [0.5, 0.6) is 0 Å². The van der Waals surface area contributed by atoms with E-state index in [0.717, 1.165) is 11.3 Å². The molecular weight excluding hydrogens is 140 g/mol. The fourth-order valence-corrected chi connectivity index (χ4v) is 1.14. The second-order valence-electron chi connectivity index (χ2n) is 2.69. The number of aromatic nitrogens is 1. The van der Waals surface area contributed by atoms with E-state index < -0.39 is 0 Å². The molecule has 0 aliphatic carbocycles. The lowest BCUT2D eigenvalue weighted by atomic mass is 10.1. The maximum atomic E-state index is 8.63. The minimum atomic E-state index is -0.0602. The summed E-state index contributed by atoms with van der Waals surface area (Å²) < 4.78 is 0. The van der Waals surface area contributed by atoms with E-state index >= 15 is 0 Å². The van der Waals surface area contributed by atoms with Crippen LogP contribution in [0.4, 0.5) is 0 Å². The van der Waals surface area contributed by atoms with Crippen LogP contribution in [0.25, 0.3) is 0 Å². The fourth-order valence-electron chi connectivity index (χ4n) is 1.14. The van der Waals surface area contributed by atoms with Gasteiger partial charge in [-0.1, -0.05) is 0 Å². The summed E-state index contributed by atoms with van der Waals surface area (Å²) in [5, 5.41) is 8.63. The van der Waals surface area contributed by atoms with E-state index in [2.05, 4.69) is 4.98 Å². The predicted molar refractivity (Wildman–Crippen MR) is 44.2 cm³/mol. The monoisotopic (exact) mass is 154 g/mol. The first-order chi connectivity index (χ1) is 5.25. The van der Waals surface area contributed by atoms with Crippen LogP contribution in [0, 0.1) is 6.92 Å². The number of nitrogens with two attached hydrogens (primary N) is 1. The van der Waals surface area contributed by atoms with Gasteiger partial charge >= 0.3 is 0 Å². The molecule has 4 N–H and O–H groups in total. The van der Waals surface area contributed by atoms with Crippen LogP contribution in [-0.4, -0.2) is 16.7 Å². The maximum absolute atomic E-state index is 8.63. The van der Waals surface area contributed by atoms with Gasteiger partial charge in [0.1, 0.15) is 0 Å². The van der Waals surface area contributed by atoms with Crippen molar-refractivity contribution in [3.63, 3.8) is 0 Å². The molecule has 1 heterocycles. The highest BCUT2D eigenvalue weighted by molar-refractivity contribution is 5.21. The summed E-state index contributed by atoms with van der Waals surface area (Å²) in [6.45, 7) is 2.14. The Labute approximate surface area is 66.2 Å². The molecule has 3 nitrogen and oxygen atoms in total. The van der Waals surface area contributed by atoms with Crippen molar-refractivity contribution in [2.24, 2.45) is 5.73 Å². The van der Waals surface area contributed by atoms with Gasteiger partial charge < -0.3 is 15.8 Å². The molecule has 0 radical (unpaired) electrons. The molecule has 3 heteroatoms. The second-order valence-corrected chi connectivity index (χ2v) is 2.69. The molecule has 0 aromatic carbocycles. The van der Waals surface area contributed by atoms with E-state index in [1.54, 1.807) is 0 Å². The molecule has 0 aliphatic rings. The molecule has 0 unspecified atom stereocenters. The lowest BCUT2D eigenvalue weighted by molar-refractivity contribution is 0.275. The largest absolute Gasteiger partial charge is 0.396 e. The molecule has 0 fully saturated rings. The molecule has 62 valence electrons. The molecule has 0 aliphatic heterocycles. The first-order valence-corrected chi connectivity index (χ1v) is 3.76. The molecule has 1 aromatic rings. The highest BCUT2D eigenvalue weighted by Crippen LogP contribution is 2.15. The van der Waals surface area contributed by atoms with Gasteiger partial charge in [0.2, 0.25) is 0 Å². The van der Waals surface area contributed by atoms with Crippen LogP contribution >= 0.6 is 0 Å². The summed E-state index contributed by atoms with van der Waals surface area (Å²) in [6.07, 6.45) is 2.48. The number of rotatable bonds is 3. The number of aryl methyl sites for hydroxylation is 1. The van der Waals surface area contributed by atoms with Crippen molar-refractivity contribution in [1.82, 2.24) is 4.98 Å². The second kappa shape index (κ2) is 3.55. The molecule has 1 atom stereocenters.